The minimum atomic E-state index is -2.92. The first-order chi connectivity index (χ1) is 16.8. The number of thioether (sulfide) groups is 1. The summed E-state index contributed by atoms with van der Waals surface area (Å²) in [6.45, 7) is -0.829. The molecule has 5 nitrogen and oxygen atoms in total. The largest absolute Gasteiger partial charge is 0.435 e. The number of alkyl halides is 2. The van der Waals surface area contributed by atoms with Crippen LogP contribution < -0.4 is 10.1 Å². The van der Waals surface area contributed by atoms with Crippen LogP contribution >= 0.6 is 11.8 Å². The summed E-state index contributed by atoms with van der Waals surface area (Å²) in [6, 6.07) is 12.5. The number of nitrogens with one attached hydrogen (secondary N) is 1. The number of hydrogen-bond acceptors (Lipinski definition) is 4. The van der Waals surface area contributed by atoms with Crippen molar-refractivity contribution in [3.63, 3.8) is 0 Å². The summed E-state index contributed by atoms with van der Waals surface area (Å²) in [7, 11) is 0. The van der Waals surface area contributed by atoms with Crippen molar-refractivity contribution in [2.24, 2.45) is 5.92 Å². The summed E-state index contributed by atoms with van der Waals surface area (Å²) in [5.74, 6) is 1.49. The molecule has 1 aliphatic carbocycles. The van der Waals surface area contributed by atoms with Crippen LogP contribution in [0.25, 0.3) is 16.9 Å². The molecule has 0 radical (unpaired) electrons. The number of aromatic nitrogens is 2. The van der Waals surface area contributed by atoms with E-state index in [-0.39, 0.29) is 28.9 Å². The van der Waals surface area contributed by atoms with Gasteiger partial charge in [0.05, 0.1) is 11.4 Å². The average molecular weight is 502 g/mol. The molecule has 1 saturated heterocycles. The van der Waals surface area contributed by atoms with E-state index in [0.29, 0.717) is 36.2 Å². The lowest BCUT2D eigenvalue weighted by Crippen LogP contribution is -2.49. The lowest BCUT2D eigenvalue weighted by Gasteiger charge is -2.29. The van der Waals surface area contributed by atoms with Crippen LogP contribution in [0, 0.1) is 11.7 Å². The van der Waals surface area contributed by atoms with Crippen LogP contribution in [0.5, 0.6) is 5.75 Å². The summed E-state index contributed by atoms with van der Waals surface area (Å²) in [6.07, 6.45) is 2.73. The van der Waals surface area contributed by atoms with E-state index in [1.807, 2.05) is 11.8 Å². The van der Waals surface area contributed by atoms with Gasteiger partial charge in [0.25, 0.3) is 0 Å². The summed E-state index contributed by atoms with van der Waals surface area (Å²) in [5, 5.41) is 8.07. The topological polar surface area (TPSA) is 56.1 Å². The van der Waals surface area contributed by atoms with E-state index in [9.17, 15) is 18.0 Å². The number of fused-ring (bicyclic) bond motifs is 1. The van der Waals surface area contributed by atoms with Crippen LogP contribution in [0.3, 0.4) is 0 Å². The third kappa shape index (κ3) is 5.05. The Labute approximate surface area is 206 Å². The minimum absolute atomic E-state index is 0.0430. The maximum absolute atomic E-state index is 13.6. The Bertz CT molecular complexity index is 1220. The van der Waals surface area contributed by atoms with Crippen molar-refractivity contribution >= 4 is 17.7 Å². The number of hydrogen-bond donors (Lipinski definition) is 1. The van der Waals surface area contributed by atoms with Crippen LogP contribution in [0.15, 0.2) is 48.5 Å². The fourth-order valence-corrected chi connectivity index (χ4v) is 6.25. The highest BCUT2D eigenvalue weighted by molar-refractivity contribution is 7.99. The van der Waals surface area contributed by atoms with E-state index < -0.39 is 6.61 Å². The monoisotopic (exact) mass is 501 g/mol. The molecule has 5 rings (SSSR count). The van der Waals surface area contributed by atoms with Gasteiger partial charge in [0.1, 0.15) is 11.6 Å². The fraction of sp³-hybridized carbons (Fsp3) is 0.385. The molecule has 2 aliphatic rings. The smallest absolute Gasteiger partial charge is 0.387 e. The number of rotatable bonds is 6. The molecule has 0 bridgehead atoms. The lowest BCUT2D eigenvalue weighted by atomic mass is 9.84. The van der Waals surface area contributed by atoms with E-state index in [0.717, 1.165) is 29.2 Å². The van der Waals surface area contributed by atoms with Gasteiger partial charge in [-0.3, -0.25) is 4.79 Å². The van der Waals surface area contributed by atoms with E-state index in [1.165, 1.54) is 18.2 Å². The van der Waals surface area contributed by atoms with Crippen molar-refractivity contribution in [2.75, 3.05) is 11.5 Å². The molecule has 184 valence electrons. The summed E-state index contributed by atoms with van der Waals surface area (Å²) in [4.78, 5) is 13.2. The van der Waals surface area contributed by atoms with Gasteiger partial charge in [0, 0.05) is 40.5 Å². The first-order valence-electron chi connectivity index (χ1n) is 11.6. The van der Waals surface area contributed by atoms with Crippen LogP contribution in [0.4, 0.5) is 13.2 Å². The summed E-state index contributed by atoms with van der Waals surface area (Å²) < 4.78 is 45.5. The summed E-state index contributed by atoms with van der Waals surface area (Å²) >= 11 is 1.85. The molecular weight excluding hydrogens is 475 g/mol. The number of carbonyl (C=O) groups excluding carboxylic acids is 1. The van der Waals surface area contributed by atoms with Crippen molar-refractivity contribution in [2.45, 2.75) is 44.8 Å². The van der Waals surface area contributed by atoms with Crippen LogP contribution in [-0.2, 0) is 17.6 Å². The SMILES string of the molecule is CC1(NC(=O)C2CCc3c(-c4cccc(OC(F)F)c4)nn(-c4ccc(F)cc4)c3C2)CCSC1. The standard InChI is InChI=1S/C26H26F3N3O2S/c1-26(11-12-35-15-26)30-24(33)17-5-10-21-22(14-17)32(19-8-6-18(27)7-9-19)31-23(21)16-3-2-4-20(13-16)34-25(28)29/h2-4,6-9,13,17,25H,5,10-12,14-15H2,1H3,(H,30,33). The van der Waals surface area contributed by atoms with Gasteiger partial charge < -0.3 is 10.1 Å². The average Bonchev–Trinajstić information content (AvgIpc) is 3.43. The zero-order valence-electron chi connectivity index (χ0n) is 19.3. The molecule has 2 unspecified atom stereocenters. The van der Waals surface area contributed by atoms with Crippen molar-refractivity contribution in [1.29, 1.82) is 0 Å². The first kappa shape index (κ1) is 23.8. The Morgan fingerprint density at radius 3 is 2.77 bits per heavy atom. The van der Waals surface area contributed by atoms with Crippen molar-refractivity contribution in [3.05, 3.63) is 65.6 Å². The van der Waals surface area contributed by atoms with Crippen LogP contribution in [-0.4, -0.2) is 39.3 Å². The van der Waals surface area contributed by atoms with Crippen molar-refractivity contribution < 1.29 is 22.7 Å². The minimum Gasteiger partial charge on any atom is -0.435 e. The first-order valence-corrected chi connectivity index (χ1v) is 12.8. The highest BCUT2D eigenvalue weighted by Gasteiger charge is 2.36. The quantitative estimate of drug-likeness (QED) is 0.492. The highest BCUT2D eigenvalue weighted by Crippen LogP contribution is 2.37. The maximum atomic E-state index is 13.6. The number of halogens is 3. The van der Waals surface area contributed by atoms with Gasteiger partial charge in [-0.25, -0.2) is 9.07 Å². The van der Waals surface area contributed by atoms with Gasteiger partial charge in [0.15, 0.2) is 0 Å². The van der Waals surface area contributed by atoms with Gasteiger partial charge >= 0.3 is 6.61 Å². The number of carbonyl (C=O) groups is 1. The predicted octanol–water partition coefficient (Wildman–Crippen LogP) is 5.40. The zero-order chi connectivity index (χ0) is 24.6. The predicted molar refractivity (Wildman–Crippen MR) is 130 cm³/mol. The number of amides is 1. The molecule has 1 amide bonds. The Hall–Kier alpha value is -2.94. The highest BCUT2D eigenvalue weighted by atomic mass is 32.2. The molecule has 1 aromatic heterocycles. The third-order valence-corrected chi connectivity index (χ3v) is 8.02. The number of ether oxygens (including phenoxy) is 1. The van der Waals surface area contributed by atoms with E-state index in [1.54, 1.807) is 35.0 Å². The molecule has 1 N–H and O–H groups in total. The van der Waals surface area contributed by atoms with Gasteiger partial charge in [-0.15, -0.1) is 0 Å². The van der Waals surface area contributed by atoms with Crippen molar-refractivity contribution in [3.8, 4) is 22.7 Å². The fourth-order valence-electron chi connectivity index (χ4n) is 4.85. The zero-order valence-corrected chi connectivity index (χ0v) is 20.1. The molecule has 0 spiro atoms. The molecule has 35 heavy (non-hydrogen) atoms. The van der Waals surface area contributed by atoms with Gasteiger partial charge in [-0.2, -0.15) is 25.6 Å². The molecule has 2 atom stereocenters. The molecule has 2 aromatic carbocycles. The van der Waals surface area contributed by atoms with Crippen LogP contribution in [0.1, 0.15) is 31.0 Å². The molecule has 2 heterocycles. The third-order valence-electron chi connectivity index (χ3n) is 6.69. The molecule has 9 heteroatoms. The molecule has 0 saturated carbocycles. The molecular formula is C26H26F3N3O2S. The summed E-state index contributed by atoms with van der Waals surface area (Å²) in [5.41, 5.74) is 3.64. The Kier molecular flexibility index (Phi) is 6.53. The van der Waals surface area contributed by atoms with Gasteiger partial charge in [-0.1, -0.05) is 12.1 Å². The number of nitrogens with zero attached hydrogens (tertiary/aromatic N) is 2. The van der Waals surface area contributed by atoms with E-state index in [4.69, 9.17) is 5.10 Å². The lowest BCUT2D eigenvalue weighted by molar-refractivity contribution is -0.126. The van der Waals surface area contributed by atoms with E-state index in [2.05, 4.69) is 17.0 Å². The Balaban J connectivity index is 1.50. The number of benzene rings is 2. The normalized spacial score (nSPS) is 21.7. The second-order valence-electron chi connectivity index (χ2n) is 9.36. The maximum Gasteiger partial charge on any atom is 0.387 e. The van der Waals surface area contributed by atoms with Crippen LogP contribution in [0.2, 0.25) is 0 Å². The Morgan fingerprint density at radius 2 is 2.06 bits per heavy atom. The van der Waals surface area contributed by atoms with E-state index >= 15 is 0 Å². The molecule has 3 aromatic rings. The van der Waals surface area contributed by atoms with Gasteiger partial charge in [0.2, 0.25) is 5.91 Å². The van der Waals surface area contributed by atoms with Crippen molar-refractivity contribution in [1.82, 2.24) is 15.1 Å². The molecule has 1 fully saturated rings. The molecule has 1 aliphatic heterocycles. The van der Waals surface area contributed by atoms with Gasteiger partial charge in [-0.05, 0) is 68.3 Å². The second kappa shape index (κ2) is 9.60. The second-order valence-corrected chi connectivity index (χ2v) is 10.5. The Morgan fingerprint density at radius 1 is 1.26 bits per heavy atom.